The van der Waals surface area contributed by atoms with Gasteiger partial charge >= 0.3 is 0 Å². The molecule has 0 unspecified atom stereocenters. The third-order valence-electron chi connectivity index (χ3n) is 5.99. The molecule has 0 N–H and O–H groups in total. The molecule has 2 saturated heterocycles. The summed E-state index contributed by atoms with van der Waals surface area (Å²) in [4.78, 5) is 29.2. The largest absolute Gasteiger partial charge is 0.372 e. The fourth-order valence-corrected chi connectivity index (χ4v) is 4.84. The van der Waals surface area contributed by atoms with Crippen LogP contribution in [0.15, 0.2) is 53.2 Å². The van der Waals surface area contributed by atoms with Crippen molar-refractivity contribution in [2.75, 3.05) is 32.8 Å². The fraction of sp³-hybridized carbons (Fsp3) is 0.417. The number of hydrogen-bond acceptors (Lipinski definition) is 4. The Hall–Kier alpha value is -2.44. The third kappa shape index (κ3) is 5.18. The van der Waals surface area contributed by atoms with E-state index in [2.05, 4.69) is 0 Å². The zero-order valence-corrected chi connectivity index (χ0v) is 18.0. The van der Waals surface area contributed by atoms with Gasteiger partial charge in [-0.05, 0) is 40.8 Å². The number of piperidine rings is 1. The van der Waals surface area contributed by atoms with Crippen LogP contribution in [0.2, 0.25) is 0 Å². The number of amides is 2. The molecular formula is C24H28N2O3S. The first-order valence-corrected chi connectivity index (χ1v) is 11.5. The monoisotopic (exact) mass is 424 g/mol. The molecule has 158 valence electrons. The molecule has 2 aliphatic rings. The Morgan fingerprint density at radius 3 is 2.67 bits per heavy atom. The van der Waals surface area contributed by atoms with Gasteiger partial charge in [0.05, 0.1) is 25.0 Å². The average Bonchev–Trinajstić information content (AvgIpc) is 3.21. The Balaban J connectivity index is 1.29. The standard InChI is InChI=1S/C24H28N2O3S/c27-22(17-21-8-16-30-19-21)26-12-9-24(10-13-26)18-23(28)25(14-15-29-24)11-4-7-20-5-2-1-3-6-20/h1-8,16,19H,9-15,17-18H2. The Kier molecular flexibility index (Phi) is 6.65. The molecule has 6 heteroatoms. The van der Waals surface area contributed by atoms with Crippen molar-refractivity contribution in [3.05, 3.63) is 64.4 Å². The zero-order valence-electron chi connectivity index (χ0n) is 17.2. The van der Waals surface area contributed by atoms with Gasteiger partial charge in [-0.1, -0.05) is 42.5 Å². The lowest BCUT2D eigenvalue weighted by Gasteiger charge is -2.40. The first-order valence-electron chi connectivity index (χ1n) is 10.6. The quantitative estimate of drug-likeness (QED) is 0.737. The van der Waals surface area contributed by atoms with Crippen molar-refractivity contribution in [3.63, 3.8) is 0 Å². The summed E-state index contributed by atoms with van der Waals surface area (Å²) in [6.45, 7) is 3.07. The number of carbonyl (C=O) groups is 2. The van der Waals surface area contributed by atoms with Crippen molar-refractivity contribution >= 4 is 29.2 Å². The van der Waals surface area contributed by atoms with Crippen LogP contribution in [-0.2, 0) is 20.7 Å². The van der Waals surface area contributed by atoms with Crippen LogP contribution in [0.1, 0.15) is 30.4 Å². The molecule has 1 aromatic heterocycles. The first kappa shape index (κ1) is 20.8. The van der Waals surface area contributed by atoms with Crippen LogP contribution in [0, 0.1) is 0 Å². The highest BCUT2D eigenvalue weighted by Crippen LogP contribution is 2.32. The highest BCUT2D eigenvalue weighted by molar-refractivity contribution is 7.08. The van der Waals surface area contributed by atoms with Crippen LogP contribution in [0.25, 0.3) is 6.08 Å². The van der Waals surface area contributed by atoms with Gasteiger partial charge in [-0.2, -0.15) is 11.3 Å². The summed E-state index contributed by atoms with van der Waals surface area (Å²) in [5, 5.41) is 4.02. The zero-order chi connectivity index (χ0) is 20.8. The van der Waals surface area contributed by atoms with E-state index in [4.69, 9.17) is 4.74 Å². The topological polar surface area (TPSA) is 49.9 Å². The van der Waals surface area contributed by atoms with Crippen LogP contribution in [0.3, 0.4) is 0 Å². The van der Waals surface area contributed by atoms with Crippen LogP contribution in [-0.4, -0.2) is 60.0 Å². The molecule has 3 heterocycles. The molecule has 0 aliphatic carbocycles. The van der Waals surface area contributed by atoms with Gasteiger partial charge in [0.1, 0.15) is 0 Å². The van der Waals surface area contributed by atoms with Crippen molar-refractivity contribution in [2.24, 2.45) is 0 Å². The second kappa shape index (κ2) is 9.58. The van der Waals surface area contributed by atoms with E-state index < -0.39 is 5.60 Å². The van der Waals surface area contributed by atoms with Crippen LogP contribution in [0.4, 0.5) is 0 Å². The molecule has 0 atom stereocenters. The van der Waals surface area contributed by atoms with Gasteiger partial charge in [-0.15, -0.1) is 0 Å². The number of benzene rings is 1. The molecule has 2 aliphatic heterocycles. The predicted molar refractivity (Wildman–Crippen MR) is 119 cm³/mol. The van der Waals surface area contributed by atoms with Gasteiger partial charge in [-0.3, -0.25) is 9.59 Å². The van der Waals surface area contributed by atoms with Gasteiger partial charge in [0.2, 0.25) is 11.8 Å². The van der Waals surface area contributed by atoms with E-state index in [0.29, 0.717) is 45.6 Å². The van der Waals surface area contributed by atoms with Gasteiger partial charge < -0.3 is 14.5 Å². The number of hydrogen-bond donors (Lipinski definition) is 0. The van der Waals surface area contributed by atoms with Crippen molar-refractivity contribution < 1.29 is 14.3 Å². The Morgan fingerprint density at radius 1 is 1.13 bits per heavy atom. The highest BCUT2D eigenvalue weighted by atomic mass is 32.1. The molecular weight excluding hydrogens is 396 g/mol. The summed E-state index contributed by atoms with van der Waals surface area (Å²) in [6.07, 6.45) is 6.39. The normalized spacial score (nSPS) is 19.4. The SMILES string of the molecule is O=C1CC2(CCN(C(=O)Cc3ccsc3)CC2)OCCN1CC=Cc1ccccc1. The fourth-order valence-electron chi connectivity index (χ4n) is 4.17. The molecule has 0 saturated carbocycles. The molecule has 2 amide bonds. The summed E-state index contributed by atoms with van der Waals surface area (Å²) >= 11 is 1.62. The number of carbonyl (C=O) groups excluding carboxylic acids is 2. The molecule has 30 heavy (non-hydrogen) atoms. The molecule has 2 fully saturated rings. The second-order valence-electron chi connectivity index (χ2n) is 8.05. The third-order valence-corrected chi connectivity index (χ3v) is 6.73. The van der Waals surface area contributed by atoms with E-state index in [1.165, 1.54) is 0 Å². The number of thiophene rings is 1. The van der Waals surface area contributed by atoms with Gasteiger partial charge in [0.15, 0.2) is 0 Å². The smallest absolute Gasteiger partial charge is 0.227 e. The highest BCUT2D eigenvalue weighted by Gasteiger charge is 2.41. The lowest BCUT2D eigenvalue weighted by Crippen LogP contribution is -2.49. The minimum absolute atomic E-state index is 0.142. The lowest BCUT2D eigenvalue weighted by atomic mass is 9.87. The molecule has 1 aromatic carbocycles. The van der Waals surface area contributed by atoms with Crippen molar-refractivity contribution in [1.82, 2.24) is 9.80 Å². The van der Waals surface area contributed by atoms with E-state index in [9.17, 15) is 9.59 Å². The van der Waals surface area contributed by atoms with Crippen molar-refractivity contribution in [1.29, 1.82) is 0 Å². The molecule has 2 aromatic rings. The second-order valence-corrected chi connectivity index (χ2v) is 8.83. The van der Waals surface area contributed by atoms with E-state index in [1.54, 1.807) is 11.3 Å². The number of rotatable bonds is 5. The Labute approximate surface area is 181 Å². The van der Waals surface area contributed by atoms with Gasteiger partial charge in [-0.25, -0.2) is 0 Å². The maximum absolute atomic E-state index is 12.9. The van der Waals surface area contributed by atoms with E-state index in [1.807, 2.05) is 69.1 Å². The maximum atomic E-state index is 12.9. The lowest BCUT2D eigenvalue weighted by molar-refractivity contribution is -0.140. The summed E-state index contributed by atoms with van der Waals surface area (Å²) in [7, 11) is 0. The summed E-state index contributed by atoms with van der Waals surface area (Å²) in [5.74, 6) is 0.305. The molecule has 5 nitrogen and oxygen atoms in total. The first-order chi connectivity index (χ1) is 14.6. The van der Waals surface area contributed by atoms with Crippen LogP contribution in [0.5, 0.6) is 0 Å². The molecule has 0 bridgehead atoms. The Morgan fingerprint density at radius 2 is 1.93 bits per heavy atom. The number of ether oxygens (including phenoxy) is 1. The average molecular weight is 425 g/mol. The molecule has 0 radical (unpaired) electrons. The van der Waals surface area contributed by atoms with Crippen LogP contribution < -0.4 is 0 Å². The molecule has 1 spiro atoms. The number of nitrogens with zero attached hydrogens (tertiary/aromatic N) is 2. The van der Waals surface area contributed by atoms with E-state index >= 15 is 0 Å². The Bertz CT molecular complexity index is 871. The van der Waals surface area contributed by atoms with E-state index in [0.717, 1.165) is 24.0 Å². The van der Waals surface area contributed by atoms with Crippen molar-refractivity contribution in [2.45, 2.75) is 31.3 Å². The summed E-state index contributed by atoms with van der Waals surface area (Å²) in [5.41, 5.74) is 1.78. The summed E-state index contributed by atoms with van der Waals surface area (Å²) in [6, 6.07) is 12.1. The predicted octanol–water partition coefficient (Wildman–Crippen LogP) is 3.61. The number of likely N-dealkylation sites (tertiary alicyclic amines) is 1. The molecule has 4 rings (SSSR count). The maximum Gasteiger partial charge on any atom is 0.227 e. The van der Waals surface area contributed by atoms with E-state index in [-0.39, 0.29) is 11.8 Å². The van der Waals surface area contributed by atoms with Crippen LogP contribution >= 0.6 is 11.3 Å². The summed E-state index contributed by atoms with van der Waals surface area (Å²) < 4.78 is 6.21. The van der Waals surface area contributed by atoms with Crippen molar-refractivity contribution in [3.8, 4) is 0 Å². The van der Waals surface area contributed by atoms with Gasteiger partial charge in [0.25, 0.3) is 0 Å². The minimum Gasteiger partial charge on any atom is -0.372 e. The minimum atomic E-state index is -0.422. The van der Waals surface area contributed by atoms with Gasteiger partial charge in [0, 0.05) is 26.2 Å².